The van der Waals surface area contributed by atoms with Crippen LogP contribution in [0.3, 0.4) is 0 Å². The SMILES string of the molecule is C[C@H](CN)NS(=O)(=O)c1cc(Br)ccc1Br. The van der Waals surface area contributed by atoms with Gasteiger partial charge in [-0.2, -0.15) is 0 Å². The molecule has 1 aromatic rings. The zero-order valence-corrected chi connectivity index (χ0v) is 12.6. The highest BCUT2D eigenvalue weighted by Crippen LogP contribution is 2.25. The molecule has 0 saturated carbocycles. The van der Waals surface area contributed by atoms with Crippen molar-refractivity contribution in [2.24, 2.45) is 5.73 Å². The van der Waals surface area contributed by atoms with E-state index in [1.165, 1.54) is 6.07 Å². The van der Waals surface area contributed by atoms with E-state index >= 15 is 0 Å². The Kier molecular flexibility index (Phi) is 4.93. The van der Waals surface area contributed by atoms with Crippen molar-refractivity contribution >= 4 is 41.9 Å². The molecule has 0 unspecified atom stereocenters. The van der Waals surface area contributed by atoms with Gasteiger partial charge < -0.3 is 5.73 Å². The number of nitrogens with one attached hydrogen (secondary N) is 1. The van der Waals surface area contributed by atoms with E-state index in [9.17, 15) is 8.42 Å². The second kappa shape index (κ2) is 5.59. The lowest BCUT2D eigenvalue weighted by Gasteiger charge is -2.13. The van der Waals surface area contributed by atoms with Crippen LogP contribution >= 0.6 is 31.9 Å². The molecule has 0 radical (unpaired) electrons. The molecule has 0 fully saturated rings. The van der Waals surface area contributed by atoms with Crippen molar-refractivity contribution in [2.75, 3.05) is 6.54 Å². The first-order chi connectivity index (χ1) is 7.36. The van der Waals surface area contributed by atoms with Gasteiger partial charge in [-0.05, 0) is 41.1 Å². The lowest BCUT2D eigenvalue weighted by atomic mass is 10.4. The smallest absolute Gasteiger partial charge is 0.242 e. The molecule has 1 rings (SSSR count). The first kappa shape index (κ1) is 14.1. The zero-order chi connectivity index (χ0) is 12.3. The summed E-state index contributed by atoms with van der Waals surface area (Å²) in [4.78, 5) is 0.196. The molecule has 0 heterocycles. The molecule has 1 atom stereocenters. The maximum atomic E-state index is 12.0. The molecule has 0 spiro atoms. The van der Waals surface area contributed by atoms with E-state index < -0.39 is 10.0 Å². The van der Waals surface area contributed by atoms with Crippen LogP contribution in [0.2, 0.25) is 0 Å². The minimum absolute atomic E-state index is 0.196. The van der Waals surface area contributed by atoms with Gasteiger partial charge in [0.1, 0.15) is 0 Å². The van der Waals surface area contributed by atoms with Crippen LogP contribution in [-0.2, 0) is 10.0 Å². The van der Waals surface area contributed by atoms with Crippen LogP contribution in [0.5, 0.6) is 0 Å². The Bertz CT molecular complexity index is 476. The number of benzene rings is 1. The van der Waals surface area contributed by atoms with Crippen molar-refractivity contribution in [1.82, 2.24) is 4.72 Å². The van der Waals surface area contributed by atoms with Crippen molar-refractivity contribution in [1.29, 1.82) is 0 Å². The van der Waals surface area contributed by atoms with Gasteiger partial charge in [0.25, 0.3) is 0 Å². The highest BCUT2D eigenvalue weighted by molar-refractivity contribution is 9.11. The maximum absolute atomic E-state index is 12.0. The molecule has 0 aliphatic carbocycles. The average Bonchev–Trinajstić information content (AvgIpc) is 2.20. The topological polar surface area (TPSA) is 72.2 Å². The van der Waals surface area contributed by atoms with Crippen molar-refractivity contribution in [3.8, 4) is 0 Å². The van der Waals surface area contributed by atoms with Crippen molar-refractivity contribution in [3.63, 3.8) is 0 Å². The lowest BCUT2D eigenvalue weighted by molar-refractivity contribution is 0.562. The van der Waals surface area contributed by atoms with Crippen molar-refractivity contribution in [2.45, 2.75) is 17.9 Å². The van der Waals surface area contributed by atoms with Gasteiger partial charge in [-0.1, -0.05) is 15.9 Å². The van der Waals surface area contributed by atoms with E-state index in [-0.39, 0.29) is 17.5 Å². The Morgan fingerprint density at radius 1 is 1.44 bits per heavy atom. The molecule has 0 aliphatic heterocycles. The van der Waals surface area contributed by atoms with Crippen LogP contribution in [0.15, 0.2) is 32.0 Å². The largest absolute Gasteiger partial charge is 0.329 e. The molecule has 90 valence electrons. The van der Waals surface area contributed by atoms with Gasteiger partial charge in [0.05, 0.1) is 4.90 Å². The summed E-state index contributed by atoms with van der Waals surface area (Å²) in [6.07, 6.45) is 0. The maximum Gasteiger partial charge on any atom is 0.242 e. The minimum atomic E-state index is -3.53. The zero-order valence-electron chi connectivity index (χ0n) is 8.57. The molecule has 0 saturated heterocycles. The number of nitrogens with two attached hydrogens (primary N) is 1. The fraction of sp³-hybridized carbons (Fsp3) is 0.333. The lowest BCUT2D eigenvalue weighted by Crippen LogP contribution is -2.37. The number of halogens is 2. The van der Waals surface area contributed by atoms with E-state index in [4.69, 9.17) is 5.73 Å². The van der Waals surface area contributed by atoms with Gasteiger partial charge in [0, 0.05) is 21.5 Å². The summed E-state index contributed by atoms with van der Waals surface area (Å²) in [5.74, 6) is 0. The van der Waals surface area contributed by atoms with Crippen molar-refractivity contribution < 1.29 is 8.42 Å². The summed E-state index contributed by atoms with van der Waals surface area (Å²) in [5, 5.41) is 0. The molecule has 16 heavy (non-hydrogen) atoms. The Hall–Kier alpha value is 0.0500. The van der Waals surface area contributed by atoms with Crippen LogP contribution < -0.4 is 10.5 Å². The minimum Gasteiger partial charge on any atom is -0.329 e. The third-order valence-electron chi connectivity index (χ3n) is 1.89. The summed E-state index contributed by atoms with van der Waals surface area (Å²) >= 11 is 6.44. The molecule has 1 aromatic carbocycles. The van der Waals surface area contributed by atoms with Gasteiger partial charge in [0.2, 0.25) is 10.0 Å². The number of rotatable bonds is 4. The predicted molar refractivity (Wildman–Crippen MR) is 70.7 cm³/mol. The second-order valence-electron chi connectivity index (χ2n) is 3.33. The molecule has 0 amide bonds. The highest BCUT2D eigenvalue weighted by atomic mass is 79.9. The Labute approximate surface area is 112 Å². The first-order valence-corrected chi connectivity index (χ1v) is 7.61. The molecule has 0 aliphatic rings. The van der Waals surface area contributed by atoms with Gasteiger partial charge in [-0.15, -0.1) is 0 Å². The van der Waals surface area contributed by atoms with Crippen LogP contribution in [0, 0.1) is 0 Å². The predicted octanol–water partition coefficient (Wildman–Crippen LogP) is 1.84. The van der Waals surface area contributed by atoms with Gasteiger partial charge >= 0.3 is 0 Å². The van der Waals surface area contributed by atoms with E-state index in [1.807, 2.05) is 0 Å². The summed E-state index contributed by atoms with van der Waals surface area (Å²) in [6, 6.07) is 4.67. The monoisotopic (exact) mass is 370 g/mol. The number of hydrogen-bond donors (Lipinski definition) is 2. The van der Waals surface area contributed by atoms with Crippen LogP contribution in [0.4, 0.5) is 0 Å². The van der Waals surface area contributed by atoms with E-state index in [1.54, 1.807) is 19.1 Å². The van der Waals surface area contributed by atoms with E-state index in [0.29, 0.717) is 8.95 Å². The van der Waals surface area contributed by atoms with Gasteiger partial charge in [0.15, 0.2) is 0 Å². The molecule has 0 aromatic heterocycles. The van der Waals surface area contributed by atoms with Gasteiger partial charge in [-0.3, -0.25) is 0 Å². The second-order valence-corrected chi connectivity index (χ2v) is 6.79. The Morgan fingerprint density at radius 2 is 2.06 bits per heavy atom. The summed E-state index contributed by atoms with van der Waals surface area (Å²) in [6.45, 7) is 1.97. The Morgan fingerprint density at radius 3 is 2.62 bits per heavy atom. The third-order valence-corrected chi connectivity index (χ3v) is 4.97. The average molecular weight is 372 g/mol. The molecule has 0 bridgehead atoms. The van der Waals surface area contributed by atoms with E-state index in [2.05, 4.69) is 36.6 Å². The van der Waals surface area contributed by atoms with Crippen molar-refractivity contribution in [3.05, 3.63) is 27.1 Å². The third kappa shape index (κ3) is 3.53. The standard InChI is InChI=1S/C9H12Br2N2O2S/c1-6(5-12)13-16(14,15)9-4-7(10)2-3-8(9)11/h2-4,6,13H,5,12H2,1H3/t6-/m1/s1. The van der Waals surface area contributed by atoms with Crippen LogP contribution in [0.1, 0.15) is 6.92 Å². The summed E-state index contributed by atoms with van der Waals surface area (Å²) < 4.78 is 27.6. The van der Waals surface area contributed by atoms with Crippen LogP contribution in [0.25, 0.3) is 0 Å². The summed E-state index contributed by atoms with van der Waals surface area (Å²) in [7, 11) is -3.53. The fourth-order valence-corrected chi connectivity index (χ4v) is 3.82. The number of hydrogen-bond acceptors (Lipinski definition) is 3. The Balaban J connectivity index is 3.12. The quantitative estimate of drug-likeness (QED) is 0.848. The number of sulfonamides is 1. The first-order valence-electron chi connectivity index (χ1n) is 4.54. The molecule has 7 heteroatoms. The highest BCUT2D eigenvalue weighted by Gasteiger charge is 2.19. The molecule has 4 nitrogen and oxygen atoms in total. The van der Waals surface area contributed by atoms with Crippen LogP contribution in [-0.4, -0.2) is 21.0 Å². The van der Waals surface area contributed by atoms with E-state index in [0.717, 1.165) is 0 Å². The fourth-order valence-electron chi connectivity index (χ4n) is 1.06. The molecular weight excluding hydrogens is 360 g/mol. The van der Waals surface area contributed by atoms with Gasteiger partial charge in [-0.25, -0.2) is 13.1 Å². The normalized spacial score (nSPS) is 13.8. The molecular formula is C9H12Br2N2O2S. The summed E-state index contributed by atoms with van der Waals surface area (Å²) in [5.41, 5.74) is 5.38. The molecule has 3 N–H and O–H groups in total.